The van der Waals surface area contributed by atoms with Gasteiger partial charge in [-0.05, 0) is 23.8 Å². The first-order valence-corrected chi connectivity index (χ1v) is 8.08. The van der Waals surface area contributed by atoms with E-state index in [1.807, 2.05) is 36.4 Å². The number of hydrogen-bond donors (Lipinski definition) is 2. The number of nitrogens with one attached hydrogen (secondary N) is 1. The standard InChI is InChI=1S/C17H13BrN4O3/c18-12-6-7-14-13(8-12)16(17(24)20-14)22-21-15(23)10-25-19-9-11-4-2-1-3-5-11/h1-9,20,24H,10H2. The van der Waals surface area contributed by atoms with Crippen LogP contribution in [0.25, 0.3) is 10.9 Å². The van der Waals surface area contributed by atoms with Gasteiger partial charge in [0.05, 0.1) is 11.7 Å². The third kappa shape index (κ3) is 4.30. The van der Waals surface area contributed by atoms with Crippen molar-refractivity contribution in [3.8, 4) is 5.88 Å². The number of oxime groups is 1. The number of halogens is 1. The summed E-state index contributed by atoms with van der Waals surface area (Å²) < 4.78 is 0.820. The van der Waals surface area contributed by atoms with Crippen molar-refractivity contribution in [2.75, 3.05) is 6.61 Å². The highest BCUT2D eigenvalue weighted by Crippen LogP contribution is 2.36. The highest BCUT2D eigenvalue weighted by atomic mass is 79.9. The lowest BCUT2D eigenvalue weighted by molar-refractivity contribution is -0.122. The van der Waals surface area contributed by atoms with E-state index in [0.29, 0.717) is 10.9 Å². The molecule has 2 N–H and O–H groups in total. The van der Waals surface area contributed by atoms with Crippen molar-refractivity contribution >= 4 is 44.6 Å². The van der Waals surface area contributed by atoms with Crippen LogP contribution in [-0.2, 0) is 9.63 Å². The van der Waals surface area contributed by atoms with E-state index in [-0.39, 0.29) is 18.2 Å². The van der Waals surface area contributed by atoms with E-state index in [9.17, 15) is 9.90 Å². The summed E-state index contributed by atoms with van der Waals surface area (Å²) in [5.41, 5.74) is 1.73. The van der Waals surface area contributed by atoms with Crippen LogP contribution in [-0.4, -0.2) is 28.8 Å². The number of amides is 1. The number of aromatic amines is 1. The molecule has 0 saturated carbocycles. The van der Waals surface area contributed by atoms with Gasteiger partial charge in [0.15, 0.2) is 12.3 Å². The number of rotatable bonds is 5. The van der Waals surface area contributed by atoms with Crippen LogP contribution in [0.2, 0.25) is 0 Å². The summed E-state index contributed by atoms with van der Waals surface area (Å²) >= 11 is 3.35. The Balaban J connectivity index is 1.62. The van der Waals surface area contributed by atoms with E-state index in [1.54, 1.807) is 12.1 Å². The van der Waals surface area contributed by atoms with Crippen LogP contribution in [0, 0.1) is 0 Å². The van der Waals surface area contributed by atoms with E-state index in [4.69, 9.17) is 4.84 Å². The predicted octanol–water partition coefficient (Wildman–Crippen LogP) is 4.30. The molecule has 0 aliphatic carbocycles. The van der Waals surface area contributed by atoms with Gasteiger partial charge in [-0.15, -0.1) is 10.2 Å². The van der Waals surface area contributed by atoms with Crippen LogP contribution >= 0.6 is 15.9 Å². The molecule has 0 fully saturated rings. The van der Waals surface area contributed by atoms with Gasteiger partial charge in [-0.2, -0.15) is 0 Å². The molecule has 0 spiro atoms. The Labute approximate surface area is 151 Å². The Morgan fingerprint density at radius 2 is 2.04 bits per heavy atom. The summed E-state index contributed by atoms with van der Waals surface area (Å²) in [6.45, 7) is -0.348. The van der Waals surface area contributed by atoms with Gasteiger partial charge in [0, 0.05) is 9.86 Å². The number of hydrogen-bond acceptors (Lipinski definition) is 5. The minimum absolute atomic E-state index is 0.160. The minimum Gasteiger partial charge on any atom is -0.493 e. The van der Waals surface area contributed by atoms with Crippen molar-refractivity contribution in [1.29, 1.82) is 0 Å². The van der Waals surface area contributed by atoms with Gasteiger partial charge in [-0.1, -0.05) is 51.4 Å². The first kappa shape index (κ1) is 16.8. The van der Waals surface area contributed by atoms with Crippen LogP contribution in [0.15, 0.2) is 68.4 Å². The van der Waals surface area contributed by atoms with Crippen molar-refractivity contribution in [3.63, 3.8) is 0 Å². The van der Waals surface area contributed by atoms with Crippen molar-refractivity contribution < 1.29 is 14.7 Å². The van der Waals surface area contributed by atoms with E-state index >= 15 is 0 Å². The van der Waals surface area contributed by atoms with Crippen LogP contribution in [0.3, 0.4) is 0 Å². The van der Waals surface area contributed by atoms with E-state index in [2.05, 4.69) is 36.3 Å². The Morgan fingerprint density at radius 3 is 2.84 bits per heavy atom. The second kappa shape index (κ2) is 7.71. The number of aromatic nitrogens is 1. The van der Waals surface area contributed by atoms with Gasteiger partial charge in [-0.25, -0.2) is 0 Å². The number of aromatic hydroxyl groups is 1. The average molecular weight is 401 g/mol. The number of azo groups is 1. The summed E-state index contributed by atoms with van der Waals surface area (Å²) in [6.07, 6.45) is 1.49. The van der Waals surface area contributed by atoms with Gasteiger partial charge in [-0.3, -0.25) is 4.79 Å². The fraction of sp³-hybridized carbons (Fsp3) is 0.0588. The molecule has 0 aliphatic heterocycles. The molecule has 2 aromatic carbocycles. The molecular formula is C17H13BrN4O3. The quantitative estimate of drug-likeness (QED) is 0.379. The molecule has 3 rings (SSSR count). The lowest BCUT2D eigenvalue weighted by Gasteiger charge is -1.95. The smallest absolute Gasteiger partial charge is 0.304 e. The minimum atomic E-state index is -0.617. The molecule has 0 unspecified atom stereocenters. The Hall–Kier alpha value is -3.00. The molecule has 1 aromatic heterocycles. The topological polar surface area (TPSA) is 99.4 Å². The van der Waals surface area contributed by atoms with E-state index in [1.165, 1.54) is 6.21 Å². The third-order valence-corrected chi connectivity index (χ3v) is 3.73. The van der Waals surface area contributed by atoms with Crippen molar-refractivity contribution in [3.05, 3.63) is 58.6 Å². The van der Waals surface area contributed by atoms with E-state index in [0.717, 1.165) is 10.0 Å². The second-order valence-corrected chi connectivity index (χ2v) is 5.94. The second-order valence-electron chi connectivity index (χ2n) is 5.02. The van der Waals surface area contributed by atoms with Gasteiger partial charge in [0.25, 0.3) is 0 Å². The molecule has 0 aliphatic rings. The average Bonchev–Trinajstić information content (AvgIpc) is 2.92. The summed E-state index contributed by atoms with van der Waals surface area (Å²) in [7, 11) is 0. The molecule has 0 bridgehead atoms. The first-order valence-electron chi connectivity index (χ1n) is 7.28. The number of H-pyrrole nitrogens is 1. The fourth-order valence-corrected chi connectivity index (χ4v) is 2.46. The molecule has 3 aromatic rings. The lowest BCUT2D eigenvalue weighted by atomic mass is 10.2. The molecular weight excluding hydrogens is 388 g/mol. The molecule has 0 radical (unpaired) electrons. The molecule has 0 atom stereocenters. The number of carbonyl (C=O) groups excluding carboxylic acids is 1. The van der Waals surface area contributed by atoms with Crippen LogP contribution in [0.4, 0.5) is 5.69 Å². The summed E-state index contributed by atoms with van der Waals surface area (Å²) in [5, 5.41) is 21.6. The number of fused-ring (bicyclic) bond motifs is 1. The summed E-state index contributed by atoms with van der Waals surface area (Å²) in [6, 6.07) is 14.7. The van der Waals surface area contributed by atoms with Crippen molar-refractivity contribution in [1.82, 2.24) is 4.98 Å². The molecule has 126 valence electrons. The van der Waals surface area contributed by atoms with Crippen LogP contribution < -0.4 is 0 Å². The molecule has 1 heterocycles. The Kier molecular flexibility index (Phi) is 5.20. The molecule has 25 heavy (non-hydrogen) atoms. The monoisotopic (exact) mass is 400 g/mol. The lowest BCUT2D eigenvalue weighted by Crippen LogP contribution is -2.01. The van der Waals surface area contributed by atoms with Crippen LogP contribution in [0.1, 0.15) is 5.56 Å². The molecule has 8 heteroatoms. The van der Waals surface area contributed by atoms with Gasteiger partial charge in [0.1, 0.15) is 0 Å². The van der Waals surface area contributed by atoms with Crippen molar-refractivity contribution in [2.45, 2.75) is 0 Å². The highest BCUT2D eigenvalue weighted by molar-refractivity contribution is 9.10. The van der Waals surface area contributed by atoms with Gasteiger partial charge >= 0.3 is 5.91 Å². The molecule has 1 amide bonds. The number of benzene rings is 2. The maximum Gasteiger partial charge on any atom is 0.304 e. The SMILES string of the molecule is O=C(CON=Cc1ccccc1)N=Nc1c(O)[nH]c2ccc(Br)cc12. The van der Waals surface area contributed by atoms with Crippen LogP contribution in [0.5, 0.6) is 5.88 Å². The maximum absolute atomic E-state index is 11.7. The van der Waals surface area contributed by atoms with Gasteiger partial charge < -0.3 is 14.9 Å². The normalized spacial score (nSPS) is 11.6. The zero-order chi connectivity index (χ0) is 17.6. The third-order valence-electron chi connectivity index (χ3n) is 3.24. The summed E-state index contributed by atoms with van der Waals surface area (Å²) in [4.78, 5) is 19.4. The number of nitrogens with zero attached hydrogens (tertiary/aromatic N) is 3. The zero-order valence-electron chi connectivity index (χ0n) is 12.9. The fourth-order valence-electron chi connectivity index (χ4n) is 2.10. The number of carbonyl (C=O) groups is 1. The molecule has 0 saturated heterocycles. The largest absolute Gasteiger partial charge is 0.493 e. The predicted molar refractivity (Wildman–Crippen MR) is 97.2 cm³/mol. The van der Waals surface area contributed by atoms with E-state index < -0.39 is 5.91 Å². The Morgan fingerprint density at radius 1 is 1.24 bits per heavy atom. The summed E-state index contributed by atoms with van der Waals surface area (Å²) in [5.74, 6) is -0.776. The molecule has 7 nitrogen and oxygen atoms in total. The zero-order valence-corrected chi connectivity index (χ0v) is 14.5. The van der Waals surface area contributed by atoms with Gasteiger partial charge in [0.2, 0.25) is 5.88 Å². The first-order chi connectivity index (χ1) is 12.1. The highest BCUT2D eigenvalue weighted by Gasteiger charge is 2.11. The Bertz CT molecular complexity index is 951. The maximum atomic E-state index is 11.7. The van der Waals surface area contributed by atoms with Crippen molar-refractivity contribution in [2.24, 2.45) is 15.4 Å².